The third-order valence-corrected chi connectivity index (χ3v) is 5.60. The molecule has 9 heteroatoms. The van der Waals surface area contributed by atoms with Gasteiger partial charge < -0.3 is 9.31 Å². The lowest BCUT2D eigenvalue weighted by Gasteiger charge is -2.32. The Kier molecular flexibility index (Phi) is 6.16. The molecule has 4 nitrogen and oxygen atoms in total. The van der Waals surface area contributed by atoms with E-state index in [0.29, 0.717) is 13.0 Å². The fourth-order valence-corrected chi connectivity index (χ4v) is 3.21. The summed E-state index contributed by atoms with van der Waals surface area (Å²) in [5.74, 6) is 0. The Morgan fingerprint density at radius 2 is 1.67 bits per heavy atom. The van der Waals surface area contributed by atoms with Crippen molar-refractivity contribution in [1.82, 2.24) is 9.78 Å². The summed E-state index contributed by atoms with van der Waals surface area (Å²) < 4.78 is 68.5. The van der Waals surface area contributed by atoms with E-state index in [0.717, 1.165) is 18.2 Å². The zero-order chi connectivity index (χ0) is 22.2. The van der Waals surface area contributed by atoms with E-state index in [1.54, 1.807) is 27.7 Å². The van der Waals surface area contributed by atoms with E-state index in [4.69, 9.17) is 9.31 Å². The maximum atomic E-state index is 15.0. The highest BCUT2D eigenvalue weighted by molar-refractivity contribution is 6.55. The monoisotopic (exact) mass is 424 g/mol. The predicted octanol–water partition coefficient (Wildman–Crippen LogP) is 5.39. The Balaban J connectivity index is 1.79. The SMILES string of the molecule is CC1(C)OB(C(F)=C(c2cnn(CCCc3ccccc3)c2)C(F)(F)F)OC1(C)C. The second kappa shape index (κ2) is 8.19. The molecule has 0 spiro atoms. The van der Waals surface area contributed by atoms with Gasteiger partial charge in [-0.05, 0) is 46.1 Å². The Hall–Kier alpha value is -2.13. The van der Waals surface area contributed by atoms with Gasteiger partial charge in [-0.3, -0.25) is 4.68 Å². The quantitative estimate of drug-likeness (QED) is 0.461. The summed E-state index contributed by atoms with van der Waals surface area (Å²) >= 11 is 0. The fraction of sp³-hybridized carbons (Fsp3) is 0.476. The van der Waals surface area contributed by atoms with Gasteiger partial charge in [0.05, 0.1) is 23.0 Å². The lowest BCUT2D eigenvalue weighted by molar-refractivity contribution is -0.0699. The van der Waals surface area contributed by atoms with Crippen LogP contribution in [0.3, 0.4) is 0 Å². The van der Waals surface area contributed by atoms with Crippen molar-refractivity contribution < 1.29 is 26.9 Å². The second-order valence-corrected chi connectivity index (χ2v) is 8.39. The number of aromatic nitrogens is 2. The van der Waals surface area contributed by atoms with Crippen molar-refractivity contribution in [2.45, 2.75) is 64.5 Å². The van der Waals surface area contributed by atoms with Crippen LogP contribution in [0.25, 0.3) is 5.57 Å². The van der Waals surface area contributed by atoms with Crippen LogP contribution in [0.5, 0.6) is 0 Å². The molecule has 0 unspecified atom stereocenters. The van der Waals surface area contributed by atoms with Gasteiger partial charge in [0.1, 0.15) is 5.73 Å². The molecular formula is C21H25BF4N2O2. The zero-order valence-electron chi connectivity index (χ0n) is 17.5. The molecule has 1 saturated heterocycles. The molecule has 1 aromatic heterocycles. The summed E-state index contributed by atoms with van der Waals surface area (Å²) in [5, 5.41) is 3.98. The second-order valence-electron chi connectivity index (χ2n) is 8.39. The molecule has 1 aliphatic heterocycles. The van der Waals surface area contributed by atoms with E-state index >= 15 is 0 Å². The normalized spacial score (nSPS) is 19.1. The average molecular weight is 424 g/mol. The number of nitrogens with zero attached hydrogens (tertiary/aromatic N) is 2. The fourth-order valence-electron chi connectivity index (χ4n) is 3.21. The van der Waals surface area contributed by atoms with E-state index < -0.39 is 35.8 Å². The maximum Gasteiger partial charge on any atom is 0.525 e. The van der Waals surface area contributed by atoms with Crippen molar-refractivity contribution in [1.29, 1.82) is 0 Å². The Labute approximate surface area is 174 Å². The summed E-state index contributed by atoms with van der Waals surface area (Å²) in [5.41, 5.74) is -4.04. The summed E-state index contributed by atoms with van der Waals surface area (Å²) in [7, 11) is -1.73. The minimum atomic E-state index is -4.93. The summed E-state index contributed by atoms with van der Waals surface area (Å²) in [6, 6.07) is 9.75. The third kappa shape index (κ3) is 4.78. The van der Waals surface area contributed by atoms with Gasteiger partial charge >= 0.3 is 13.3 Å². The molecule has 0 N–H and O–H groups in total. The van der Waals surface area contributed by atoms with E-state index in [2.05, 4.69) is 5.10 Å². The van der Waals surface area contributed by atoms with Gasteiger partial charge in [0.25, 0.3) is 0 Å². The number of alkyl halides is 3. The molecule has 3 rings (SSSR count). The zero-order valence-corrected chi connectivity index (χ0v) is 17.5. The summed E-state index contributed by atoms with van der Waals surface area (Å²) in [6.07, 6.45) is -1.24. The number of allylic oxidation sites excluding steroid dienone is 1. The molecule has 0 radical (unpaired) electrons. The minimum absolute atomic E-state index is 0.352. The van der Waals surface area contributed by atoms with Crippen molar-refractivity contribution in [3.05, 3.63) is 59.6 Å². The Bertz CT molecular complexity index is 891. The van der Waals surface area contributed by atoms with Crippen molar-refractivity contribution in [3.63, 3.8) is 0 Å². The van der Waals surface area contributed by atoms with Crippen molar-refractivity contribution >= 4 is 12.7 Å². The third-order valence-electron chi connectivity index (χ3n) is 5.60. The van der Waals surface area contributed by atoms with Crippen LogP contribution in [0, 0.1) is 0 Å². The van der Waals surface area contributed by atoms with Gasteiger partial charge in [-0.2, -0.15) is 18.3 Å². The first-order valence-electron chi connectivity index (χ1n) is 9.80. The number of aryl methyl sites for hydroxylation is 2. The van der Waals surface area contributed by atoms with Gasteiger partial charge in [0.15, 0.2) is 0 Å². The van der Waals surface area contributed by atoms with E-state index in [-0.39, 0.29) is 5.56 Å². The molecule has 2 aromatic rings. The first kappa shape index (κ1) is 22.6. The summed E-state index contributed by atoms with van der Waals surface area (Å²) in [6.45, 7) is 7.02. The molecule has 0 bridgehead atoms. The lowest BCUT2D eigenvalue weighted by Crippen LogP contribution is -2.41. The van der Waals surface area contributed by atoms with Gasteiger partial charge in [-0.25, -0.2) is 4.39 Å². The number of benzene rings is 1. The predicted molar refractivity (Wildman–Crippen MR) is 107 cm³/mol. The van der Waals surface area contributed by atoms with Gasteiger partial charge in [0, 0.05) is 18.3 Å². The molecule has 0 saturated carbocycles. The topological polar surface area (TPSA) is 36.3 Å². The lowest BCUT2D eigenvalue weighted by atomic mass is 9.83. The van der Waals surface area contributed by atoms with Crippen LogP contribution in [0.2, 0.25) is 0 Å². The minimum Gasteiger partial charge on any atom is -0.398 e. The number of halogens is 4. The highest BCUT2D eigenvalue weighted by atomic mass is 19.4. The first-order valence-corrected chi connectivity index (χ1v) is 9.80. The van der Waals surface area contributed by atoms with Crippen molar-refractivity contribution in [2.75, 3.05) is 0 Å². The maximum absolute atomic E-state index is 15.0. The Morgan fingerprint density at radius 1 is 1.07 bits per heavy atom. The van der Waals surface area contributed by atoms with Crippen LogP contribution < -0.4 is 0 Å². The van der Waals surface area contributed by atoms with Crippen LogP contribution in [-0.2, 0) is 22.3 Å². The van der Waals surface area contributed by atoms with Crippen LogP contribution in [0.1, 0.15) is 45.2 Å². The van der Waals surface area contributed by atoms with Gasteiger partial charge in [0.2, 0.25) is 0 Å². The van der Waals surface area contributed by atoms with E-state index in [1.807, 2.05) is 30.3 Å². The van der Waals surface area contributed by atoms with Crippen LogP contribution in [-0.4, -0.2) is 34.3 Å². The number of rotatable bonds is 6. The van der Waals surface area contributed by atoms with Crippen LogP contribution in [0.4, 0.5) is 17.6 Å². The molecule has 162 valence electrons. The molecule has 1 aromatic carbocycles. The summed E-state index contributed by atoms with van der Waals surface area (Å²) in [4.78, 5) is 0. The van der Waals surface area contributed by atoms with Crippen LogP contribution >= 0.6 is 0 Å². The number of hydrogen-bond donors (Lipinski definition) is 0. The van der Waals surface area contributed by atoms with Crippen LogP contribution in [0.15, 0.2) is 48.5 Å². The smallest absolute Gasteiger partial charge is 0.398 e. The Morgan fingerprint density at radius 3 is 2.23 bits per heavy atom. The van der Waals surface area contributed by atoms with Crippen molar-refractivity contribution in [2.24, 2.45) is 0 Å². The first-order chi connectivity index (χ1) is 13.9. The molecule has 0 aliphatic carbocycles. The molecule has 1 fully saturated rings. The molecule has 30 heavy (non-hydrogen) atoms. The largest absolute Gasteiger partial charge is 0.525 e. The van der Waals surface area contributed by atoms with E-state index in [9.17, 15) is 17.6 Å². The highest BCUT2D eigenvalue weighted by Crippen LogP contribution is 2.43. The molecule has 0 amide bonds. The van der Waals surface area contributed by atoms with Crippen molar-refractivity contribution in [3.8, 4) is 0 Å². The molecule has 2 heterocycles. The number of hydrogen-bond acceptors (Lipinski definition) is 3. The standard InChI is InChI=1S/C21H25BF4N2O2/c1-19(2)20(3,4)30-22(29-19)18(23)17(21(24,25)26)16-13-27-28(14-16)12-8-11-15-9-6-5-7-10-15/h5-7,9-10,13-14H,8,11-12H2,1-4H3. The van der Waals surface area contributed by atoms with E-state index in [1.165, 1.54) is 10.9 Å². The molecule has 0 atom stereocenters. The van der Waals surface area contributed by atoms with Gasteiger partial charge in [-0.15, -0.1) is 0 Å². The highest BCUT2D eigenvalue weighted by Gasteiger charge is 2.55. The van der Waals surface area contributed by atoms with Gasteiger partial charge in [-0.1, -0.05) is 30.3 Å². The molecule has 1 aliphatic rings. The average Bonchev–Trinajstić information content (AvgIpc) is 3.16. The molecular weight excluding hydrogens is 399 g/mol.